The highest BCUT2D eigenvalue weighted by Gasteiger charge is 2.20. The molecule has 152 valence electrons. The number of fused-ring (bicyclic) bond motifs is 1. The standard InChI is InChI=1S/C24H23ClN4O/c1-15(2)13-17-9-11-18(12-10-17)27-24(30)20-14-26-23-21(22(20)25)16(3)28-29(23)19-7-5-4-6-8-19/h4-12,14-15H,13H2,1-3H3,(H,27,30). The van der Waals surface area contributed by atoms with Crippen LogP contribution in [0.5, 0.6) is 0 Å². The normalized spacial score (nSPS) is 11.2. The molecule has 0 spiro atoms. The number of anilines is 1. The molecule has 30 heavy (non-hydrogen) atoms. The first-order chi connectivity index (χ1) is 14.4. The van der Waals surface area contributed by atoms with E-state index in [9.17, 15) is 4.79 Å². The van der Waals surface area contributed by atoms with Crippen LogP contribution < -0.4 is 5.32 Å². The molecule has 0 saturated heterocycles. The number of benzene rings is 2. The first kappa shape index (κ1) is 20.1. The van der Waals surface area contributed by atoms with Crippen LogP contribution in [0, 0.1) is 12.8 Å². The number of carbonyl (C=O) groups is 1. The first-order valence-corrected chi connectivity index (χ1v) is 10.3. The Morgan fingerprint density at radius 3 is 2.47 bits per heavy atom. The number of amides is 1. The Morgan fingerprint density at radius 1 is 1.10 bits per heavy atom. The number of halogens is 1. The average Bonchev–Trinajstić information content (AvgIpc) is 3.07. The Kier molecular flexibility index (Phi) is 5.55. The van der Waals surface area contributed by atoms with E-state index in [1.165, 1.54) is 11.8 Å². The molecule has 0 unspecified atom stereocenters. The van der Waals surface area contributed by atoms with Gasteiger partial charge < -0.3 is 5.32 Å². The third-order valence-electron chi connectivity index (χ3n) is 4.91. The summed E-state index contributed by atoms with van der Waals surface area (Å²) in [5.74, 6) is 0.292. The maximum Gasteiger partial charge on any atom is 0.258 e. The molecule has 1 amide bonds. The second kappa shape index (κ2) is 8.28. The highest BCUT2D eigenvalue weighted by molar-refractivity contribution is 6.39. The van der Waals surface area contributed by atoms with Gasteiger partial charge in [-0.05, 0) is 49.1 Å². The lowest BCUT2D eigenvalue weighted by molar-refractivity contribution is 0.102. The van der Waals surface area contributed by atoms with E-state index < -0.39 is 0 Å². The third-order valence-corrected chi connectivity index (χ3v) is 5.30. The van der Waals surface area contributed by atoms with Crippen LogP contribution >= 0.6 is 11.6 Å². The number of hydrogen-bond acceptors (Lipinski definition) is 3. The average molecular weight is 419 g/mol. The maximum absolute atomic E-state index is 12.9. The van der Waals surface area contributed by atoms with E-state index in [0.717, 1.165) is 23.5 Å². The van der Waals surface area contributed by atoms with E-state index in [1.807, 2.05) is 61.5 Å². The predicted molar refractivity (Wildman–Crippen MR) is 122 cm³/mol. The van der Waals surface area contributed by atoms with Crippen LogP contribution in [0.4, 0.5) is 5.69 Å². The fraction of sp³-hybridized carbons (Fsp3) is 0.208. The van der Waals surface area contributed by atoms with E-state index in [-0.39, 0.29) is 5.91 Å². The van der Waals surface area contributed by atoms with Crippen molar-refractivity contribution >= 4 is 34.2 Å². The van der Waals surface area contributed by atoms with E-state index in [2.05, 4.69) is 29.2 Å². The quantitative estimate of drug-likeness (QED) is 0.443. The van der Waals surface area contributed by atoms with Crippen LogP contribution in [-0.2, 0) is 6.42 Å². The summed E-state index contributed by atoms with van der Waals surface area (Å²) in [6.45, 7) is 6.23. The van der Waals surface area contributed by atoms with Crippen LogP contribution in [0.15, 0.2) is 60.8 Å². The highest BCUT2D eigenvalue weighted by Crippen LogP contribution is 2.30. The number of hydrogen-bond donors (Lipinski definition) is 1. The number of aryl methyl sites for hydroxylation is 1. The van der Waals surface area contributed by atoms with Crippen molar-refractivity contribution in [1.29, 1.82) is 0 Å². The van der Waals surface area contributed by atoms with Crippen LogP contribution in [0.3, 0.4) is 0 Å². The van der Waals surface area contributed by atoms with Crippen molar-refractivity contribution in [2.75, 3.05) is 5.32 Å². The molecule has 0 atom stereocenters. The lowest BCUT2D eigenvalue weighted by Gasteiger charge is -2.09. The zero-order chi connectivity index (χ0) is 21.3. The molecule has 1 N–H and O–H groups in total. The van der Waals surface area contributed by atoms with Crippen molar-refractivity contribution < 1.29 is 4.79 Å². The van der Waals surface area contributed by atoms with Crippen molar-refractivity contribution in [3.63, 3.8) is 0 Å². The third kappa shape index (κ3) is 3.94. The molecular formula is C24H23ClN4O. The largest absolute Gasteiger partial charge is 0.322 e. The number of carbonyl (C=O) groups excluding carboxylic acids is 1. The lowest BCUT2D eigenvalue weighted by Crippen LogP contribution is -2.13. The number of pyridine rings is 1. The minimum Gasteiger partial charge on any atom is -0.322 e. The van der Waals surface area contributed by atoms with Gasteiger partial charge in [0.05, 0.1) is 27.4 Å². The molecule has 0 bridgehead atoms. The summed E-state index contributed by atoms with van der Waals surface area (Å²) < 4.78 is 1.74. The number of nitrogens with one attached hydrogen (secondary N) is 1. The Morgan fingerprint density at radius 2 is 1.80 bits per heavy atom. The molecule has 6 heteroatoms. The zero-order valence-electron chi connectivity index (χ0n) is 17.2. The Hall–Kier alpha value is -3.18. The van der Waals surface area contributed by atoms with E-state index in [1.54, 1.807) is 4.68 Å². The highest BCUT2D eigenvalue weighted by atomic mass is 35.5. The molecular weight excluding hydrogens is 396 g/mol. The second-order valence-electron chi connectivity index (χ2n) is 7.77. The summed E-state index contributed by atoms with van der Waals surface area (Å²) >= 11 is 6.64. The number of rotatable bonds is 5. The molecule has 4 rings (SSSR count). The van der Waals surface area contributed by atoms with Gasteiger partial charge in [0, 0.05) is 11.9 Å². The number of nitrogens with zero attached hydrogens (tertiary/aromatic N) is 3. The van der Waals surface area contributed by atoms with Crippen LogP contribution in [0.1, 0.15) is 35.5 Å². The molecule has 2 aromatic carbocycles. The Balaban J connectivity index is 1.64. The summed E-state index contributed by atoms with van der Waals surface area (Å²) in [6, 6.07) is 17.6. The van der Waals surface area contributed by atoms with Gasteiger partial charge in [-0.1, -0.05) is 55.8 Å². The number of aromatic nitrogens is 3. The molecule has 5 nitrogen and oxygen atoms in total. The van der Waals surface area contributed by atoms with Gasteiger partial charge in [-0.2, -0.15) is 5.10 Å². The van der Waals surface area contributed by atoms with Crippen LogP contribution in [0.25, 0.3) is 16.7 Å². The van der Waals surface area contributed by atoms with E-state index in [4.69, 9.17) is 11.6 Å². The first-order valence-electron chi connectivity index (χ1n) is 9.93. The van der Waals surface area contributed by atoms with Crippen molar-refractivity contribution in [1.82, 2.24) is 14.8 Å². The minimum atomic E-state index is -0.294. The molecule has 0 radical (unpaired) electrons. The van der Waals surface area contributed by atoms with Crippen molar-refractivity contribution in [3.05, 3.63) is 82.6 Å². The van der Waals surface area contributed by atoms with Gasteiger partial charge in [-0.25, -0.2) is 9.67 Å². The molecule has 0 fully saturated rings. The van der Waals surface area contributed by atoms with Gasteiger partial charge in [0.25, 0.3) is 5.91 Å². The van der Waals surface area contributed by atoms with Gasteiger partial charge in [0.1, 0.15) is 0 Å². The fourth-order valence-corrected chi connectivity index (χ4v) is 3.87. The second-order valence-corrected chi connectivity index (χ2v) is 8.14. The molecule has 0 aliphatic heterocycles. The molecule has 0 aliphatic rings. The van der Waals surface area contributed by atoms with Gasteiger partial charge >= 0.3 is 0 Å². The van der Waals surface area contributed by atoms with E-state index >= 15 is 0 Å². The van der Waals surface area contributed by atoms with Gasteiger partial charge in [0.15, 0.2) is 5.65 Å². The number of para-hydroxylation sites is 1. The topological polar surface area (TPSA) is 59.8 Å². The Bertz CT molecular complexity index is 1200. The van der Waals surface area contributed by atoms with Crippen LogP contribution in [-0.4, -0.2) is 20.7 Å². The predicted octanol–water partition coefficient (Wildman–Crippen LogP) is 5.83. The summed E-state index contributed by atoms with van der Waals surface area (Å²) in [5.41, 5.74) is 4.52. The van der Waals surface area contributed by atoms with Gasteiger partial charge in [-0.3, -0.25) is 4.79 Å². The fourth-order valence-electron chi connectivity index (χ4n) is 3.51. The summed E-state index contributed by atoms with van der Waals surface area (Å²) in [7, 11) is 0. The monoisotopic (exact) mass is 418 g/mol. The molecule has 0 aliphatic carbocycles. The lowest BCUT2D eigenvalue weighted by atomic mass is 10.0. The SMILES string of the molecule is Cc1nn(-c2ccccc2)c2ncc(C(=O)Nc3ccc(CC(C)C)cc3)c(Cl)c12. The molecule has 4 aromatic rings. The molecule has 0 saturated carbocycles. The minimum absolute atomic E-state index is 0.294. The summed E-state index contributed by atoms with van der Waals surface area (Å²) in [6.07, 6.45) is 2.51. The van der Waals surface area contributed by atoms with Gasteiger partial charge in [-0.15, -0.1) is 0 Å². The van der Waals surface area contributed by atoms with Crippen molar-refractivity contribution in [3.8, 4) is 5.69 Å². The zero-order valence-corrected chi connectivity index (χ0v) is 17.9. The molecule has 2 heterocycles. The smallest absolute Gasteiger partial charge is 0.258 e. The maximum atomic E-state index is 12.9. The Labute approximate surface area is 180 Å². The van der Waals surface area contributed by atoms with Crippen LogP contribution in [0.2, 0.25) is 5.02 Å². The van der Waals surface area contributed by atoms with Crippen molar-refractivity contribution in [2.24, 2.45) is 5.92 Å². The van der Waals surface area contributed by atoms with E-state index in [0.29, 0.717) is 27.5 Å². The van der Waals surface area contributed by atoms with Gasteiger partial charge in [0.2, 0.25) is 0 Å². The summed E-state index contributed by atoms with van der Waals surface area (Å²) in [5, 5.41) is 8.52. The summed E-state index contributed by atoms with van der Waals surface area (Å²) in [4.78, 5) is 17.4. The van der Waals surface area contributed by atoms with Crippen molar-refractivity contribution in [2.45, 2.75) is 27.2 Å². The molecule has 2 aromatic heterocycles.